The van der Waals surface area contributed by atoms with Crippen LogP contribution in [0.4, 0.5) is 0 Å². The molecule has 3 N–H and O–H groups in total. The molecule has 3 aliphatic rings. The number of phenols is 1. The van der Waals surface area contributed by atoms with E-state index in [1.807, 2.05) is 0 Å². The maximum Gasteiger partial charge on any atom is 0.232 e. The zero-order valence-electron chi connectivity index (χ0n) is 15.6. The van der Waals surface area contributed by atoms with Crippen LogP contribution in [0.25, 0.3) is 5.57 Å². The SMILES string of the molecule is COc1cc2c3c(c1O)C(=O)C(O)=C(C)C3=C1O[C@H](C)C(C)(C)C1(O)C2=O. The standard InChI is InChI=1S/C20H20O7/c1-7-11-12-9(6-10(26-5)15(22)13(12)16(23)14(7)21)17(24)20(25)18(11)27-8(2)19(20,3)4/h6,8,21-22,25H,1-5H3/t8-,20?/m1/s1. The third-order valence-electron chi connectivity index (χ3n) is 6.28. The summed E-state index contributed by atoms with van der Waals surface area (Å²) in [6, 6.07) is 1.31. The van der Waals surface area contributed by atoms with Gasteiger partial charge in [0.1, 0.15) is 11.9 Å². The number of Topliss-reactive ketones (excluding diaryl/α,β-unsaturated/α-hetero) is 2. The fourth-order valence-corrected chi connectivity index (χ4v) is 4.17. The quantitative estimate of drug-likeness (QED) is 0.694. The number of aromatic hydroxyl groups is 1. The Morgan fingerprint density at radius 1 is 1.19 bits per heavy atom. The lowest BCUT2D eigenvalue weighted by Gasteiger charge is -2.39. The first-order chi connectivity index (χ1) is 12.5. The minimum atomic E-state index is -1.98. The lowest BCUT2D eigenvalue weighted by Crippen LogP contribution is -2.53. The van der Waals surface area contributed by atoms with Crippen molar-refractivity contribution in [3.63, 3.8) is 0 Å². The molecule has 2 aliphatic carbocycles. The monoisotopic (exact) mass is 372 g/mol. The molecule has 1 aromatic carbocycles. The Bertz CT molecular complexity index is 1010. The molecule has 0 radical (unpaired) electrons. The van der Waals surface area contributed by atoms with Gasteiger partial charge in [-0.15, -0.1) is 0 Å². The van der Waals surface area contributed by atoms with Gasteiger partial charge in [0, 0.05) is 27.7 Å². The number of hydrogen-bond donors (Lipinski definition) is 3. The molecule has 0 bridgehead atoms. The van der Waals surface area contributed by atoms with Gasteiger partial charge in [0.2, 0.25) is 11.6 Å². The van der Waals surface area contributed by atoms with Gasteiger partial charge in [0.15, 0.2) is 22.9 Å². The Kier molecular flexibility index (Phi) is 3.21. The molecule has 1 heterocycles. The second kappa shape index (κ2) is 4.92. The minimum absolute atomic E-state index is 0.000123. The third-order valence-corrected chi connectivity index (χ3v) is 6.28. The number of ether oxygens (including phenoxy) is 2. The van der Waals surface area contributed by atoms with Crippen molar-refractivity contribution in [1.29, 1.82) is 0 Å². The molecule has 1 unspecified atom stereocenters. The summed E-state index contributed by atoms with van der Waals surface area (Å²) in [7, 11) is 1.29. The molecular formula is C20H20O7. The van der Waals surface area contributed by atoms with Crippen LogP contribution >= 0.6 is 0 Å². The number of carbonyl (C=O) groups is 2. The van der Waals surface area contributed by atoms with Crippen molar-refractivity contribution in [2.75, 3.05) is 7.11 Å². The predicted molar refractivity (Wildman–Crippen MR) is 94.8 cm³/mol. The Hall–Kier alpha value is -2.80. The van der Waals surface area contributed by atoms with E-state index in [1.165, 1.54) is 20.1 Å². The first kappa shape index (κ1) is 17.6. The van der Waals surface area contributed by atoms with Crippen molar-refractivity contribution < 1.29 is 34.4 Å². The maximum atomic E-state index is 13.4. The Balaban J connectivity index is 2.23. The molecule has 7 heteroatoms. The van der Waals surface area contributed by atoms with Gasteiger partial charge >= 0.3 is 0 Å². The summed E-state index contributed by atoms with van der Waals surface area (Å²) in [4.78, 5) is 26.1. The Morgan fingerprint density at radius 3 is 2.41 bits per heavy atom. The van der Waals surface area contributed by atoms with Crippen LogP contribution in [0.5, 0.6) is 11.5 Å². The van der Waals surface area contributed by atoms with Crippen LogP contribution in [-0.2, 0) is 4.74 Å². The Morgan fingerprint density at radius 2 is 1.81 bits per heavy atom. The lowest BCUT2D eigenvalue weighted by molar-refractivity contribution is -0.00651. The average Bonchev–Trinajstić information content (AvgIpc) is 2.80. The van der Waals surface area contributed by atoms with Gasteiger partial charge in [-0.2, -0.15) is 0 Å². The highest BCUT2D eigenvalue weighted by Gasteiger charge is 2.66. The molecule has 1 aromatic rings. The van der Waals surface area contributed by atoms with Gasteiger partial charge < -0.3 is 24.8 Å². The van der Waals surface area contributed by atoms with Crippen molar-refractivity contribution in [2.45, 2.75) is 39.4 Å². The van der Waals surface area contributed by atoms with Crippen LogP contribution < -0.4 is 4.74 Å². The zero-order chi connectivity index (χ0) is 20.0. The van der Waals surface area contributed by atoms with Crippen molar-refractivity contribution in [3.05, 3.63) is 39.8 Å². The van der Waals surface area contributed by atoms with Gasteiger partial charge in [-0.25, -0.2) is 0 Å². The van der Waals surface area contributed by atoms with E-state index < -0.39 is 40.2 Å². The molecule has 4 rings (SSSR count). The van der Waals surface area contributed by atoms with Crippen molar-refractivity contribution in [2.24, 2.45) is 5.41 Å². The third kappa shape index (κ3) is 1.71. The molecule has 1 saturated heterocycles. The summed E-state index contributed by atoms with van der Waals surface area (Å²) in [6.07, 6.45) is -0.505. The number of hydrogen-bond acceptors (Lipinski definition) is 7. The molecular weight excluding hydrogens is 352 g/mol. The maximum absolute atomic E-state index is 13.4. The summed E-state index contributed by atoms with van der Waals surface area (Å²) >= 11 is 0. The Labute approximate surface area is 155 Å². The molecule has 0 amide bonds. The highest BCUT2D eigenvalue weighted by molar-refractivity contribution is 6.24. The summed E-state index contributed by atoms with van der Waals surface area (Å²) < 4.78 is 11.0. The van der Waals surface area contributed by atoms with E-state index in [2.05, 4.69) is 0 Å². The number of carbonyl (C=O) groups excluding carboxylic acids is 2. The largest absolute Gasteiger partial charge is 0.504 e. The molecule has 1 fully saturated rings. The van der Waals surface area contributed by atoms with Crippen LogP contribution in [0.3, 0.4) is 0 Å². The van der Waals surface area contributed by atoms with E-state index in [4.69, 9.17) is 9.47 Å². The van der Waals surface area contributed by atoms with E-state index in [-0.39, 0.29) is 39.3 Å². The second-order valence-corrected chi connectivity index (χ2v) is 7.75. The zero-order valence-corrected chi connectivity index (χ0v) is 15.6. The summed E-state index contributed by atoms with van der Waals surface area (Å²) in [5.41, 5.74) is -2.53. The number of fused-ring (bicyclic) bond motifs is 1. The van der Waals surface area contributed by atoms with E-state index in [0.29, 0.717) is 0 Å². The topological polar surface area (TPSA) is 113 Å². The van der Waals surface area contributed by atoms with Gasteiger partial charge in [0.05, 0.1) is 12.7 Å². The molecule has 1 aliphatic heterocycles. The molecule has 142 valence electrons. The number of aliphatic hydroxyl groups excluding tert-OH is 1. The van der Waals surface area contributed by atoms with Gasteiger partial charge in [-0.1, -0.05) is 13.8 Å². The fourth-order valence-electron chi connectivity index (χ4n) is 4.17. The average molecular weight is 372 g/mol. The number of methoxy groups -OCH3 is 1. The number of rotatable bonds is 1. The smallest absolute Gasteiger partial charge is 0.232 e. The highest BCUT2D eigenvalue weighted by atomic mass is 16.5. The second-order valence-electron chi connectivity index (χ2n) is 7.75. The summed E-state index contributed by atoms with van der Waals surface area (Å²) in [5, 5.41) is 32.4. The summed E-state index contributed by atoms with van der Waals surface area (Å²) in [5.74, 6) is -2.58. The van der Waals surface area contributed by atoms with Crippen molar-refractivity contribution >= 4 is 17.1 Å². The number of aliphatic hydroxyl groups is 2. The van der Waals surface area contributed by atoms with E-state index in [9.17, 15) is 24.9 Å². The fraction of sp³-hybridized carbons (Fsp3) is 0.400. The van der Waals surface area contributed by atoms with Gasteiger partial charge in [-0.05, 0) is 19.9 Å². The molecule has 27 heavy (non-hydrogen) atoms. The molecule has 0 aromatic heterocycles. The van der Waals surface area contributed by atoms with Crippen molar-refractivity contribution in [1.82, 2.24) is 0 Å². The summed E-state index contributed by atoms with van der Waals surface area (Å²) in [6.45, 7) is 6.70. The number of allylic oxidation sites excluding steroid dienone is 3. The van der Waals surface area contributed by atoms with Crippen LogP contribution in [0, 0.1) is 5.41 Å². The van der Waals surface area contributed by atoms with Crippen LogP contribution in [0.2, 0.25) is 0 Å². The first-order valence-corrected chi connectivity index (χ1v) is 8.57. The molecule has 2 atom stereocenters. The first-order valence-electron chi connectivity index (χ1n) is 8.57. The van der Waals surface area contributed by atoms with E-state index in [0.717, 1.165) is 0 Å². The molecule has 7 nitrogen and oxygen atoms in total. The van der Waals surface area contributed by atoms with Crippen LogP contribution in [0.1, 0.15) is 54.0 Å². The van der Waals surface area contributed by atoms with Crippen LogP contribution in [-0.4, -0.2) is 45.7 Å². The number of phenolic OH excluding ortho intramolecular Hbond substituents is 1. The number of ketones is 2. The molecule has 0 saturated carbocycles. The minimum Gasteiger partial charge on any atom is -0.504 e. The van der Waals surface area contributed by atoms with E-state index >= 15 is 0 Å². The van der Waals surface area contributed by atoms with Gasteiger partial charge in [-0.3, -0.25) is 9.59 Å². The van der Waals surface area contributed by atoms with E-state index in [1.54, 1.807) is 20.8 Å². The van der Waals surface area contributed by atoms with Gasteiger partial charge in [0.25, 0.3) is 0 Å². The normalized spacial score (nSPS) is 28.1. The van der Waals surface area contributed by atoms with Crippen LogP contribution in [0.15, 0.2) is 23.2 Å². The predicted octanol–water partition coefficient (Wildman–Crippen LogP) is 2.51. The van der Waals surface area contributed by atoms with Crippen molar-refractivity contribution in [3.8, 4) is 11.5 Å². The number of benzene rings is 1. The lowest BCUT2D eigenvalue weighted by atomic mass is 9.63. The highest BCUT2D eigenvalue weighted by Crippen LogP contribution is 2.59. The molecule has 0 spiro atoms.